The second-order valence-electron chi connectivity index (χ2n) is 7.48. The van der Waals surface area contributed by atoms with Crippen LogP contribution in [-0.4, -0.2) is 30.7 Å². The first-order valence-electron chi connectivity index (χ1n) is 7.40. The number of rotatable bonds is 3. The van der Waals surface area contributed by atoms with Gasteiger partial charge in [0.05, 0.1) is 12.6 Å². The average molecular weight is 313 g/mol. The Morgan fingerprint density at radius 3 is 1.86 bits per heavy atom. The Bertz CT molecular complexity index is 385. The molecule has 0 aromatic carbocycles. The highest BCUT2D eigenvalue weighted by Gasteiger charge is 2.17. The SMILES string of the molecule is CC(C)(C)CNC(=O)CNC(=O)OC(C)(C)C.CC(C)C#N. The van der Waals surface area contributed by atoms with Gasteiger partial charge in [0.25, 0.3) is 0 Å². The molecule has 0 aliphatic carbocycles. The van der Waals surface area contributed by atoms with Gasteiger partial charge in [-0.15, -0.1) is 0 Å². The molecule has 0 fully saturated rings. The molecule has 0 aliphatic rings. The van der Waals surface area contributed by atoms with Gasteiger partial charge in [-0.3, -0.25) is 4.79 Å². The Morgan fingerprint density at radius 2 is 1.55 bits per heavy atom. The fourth-order valence-electron chi connectivity index (χ4n) is 0.893. The molecular weight excluding hydrogens is 282 g/mol. The molecule has 22 heavy (non-hydrogen) atoms. The minimum atomic E-state index is -0.580. The number of nitriles is 1. The predicted octanol–water partition coefficient (Wildman–Crippen LogP) is 2.84. The molecule has 2 N–H and O–H groups in total. The lowest BCUT2D eigenvalue weighted by molar-refractivity contribution is -0.120. The molecule has 0 unspecified atom stereocenters. The Hall–Kier alpha value is -1.77. The largest absolute Gasteiger partial charge is 0.444 e. The first kappa shape index (κ1) is 22.5. The summed E-state index contributed by atoms with van der Waals surface area (Å²) in [5, 5.41) is 13.0. The van der Waals surface area contributed by atoms with Crippen molar-refractivity contribution in [3.8, 4) is 6.07 Å². The predicted molar refractivity (Wildman–Crippen MR) is 87.2 cm³/mol. The Labute approximate surface area is 134 Å². The van der Waals surface area contributed by atoms with E-state index in [-0.39, 0.29) is 23.8 Å². The third kappa shape index (κ3) is 20.5. The van der Waals surface area contributed by atoms with Crippen molar-refractivity contribution in [1.29, 1.82) is 5.26 Å². The average Bonchev–Trinajstić information content (AvgIpc) is 2.31. The molecule has 0 aromatic rings. The molecule has 6 heteroatoms. The Morgan fingerprint density at radius 1 is 1.09 bits per heavy atom. The van der Waals surface area contributed by atoms with Crippen molar-refractivity contribution in [2.45, 2.75) is 61.0 Å². The molecule has 0 rings (SSSR count). The number of nitrogens with one attached hydrogen (secondary N) is 2. The summed E-state index contributed by atoms with van der Waals surface area (Å²) in [6.07, 6.45) is -0.580. The van der Waals surface area contributed by atoms with Crippen LogP contribution in [0.1, 0.15) is 55.4 Å². The zero-order valence-corrected chi connectivity index (χ0v) is 15.2. The first-order valence-corrected chi connectivity index (χ1v) is 7.40. The molecule has 0 radical (unpaired) electrons. The van der Waals surface area contributed by atoms with Crippen LogP contribution in [0.25, 0.3) is 0 Å². The van der Waals surface area contributed by atoms with Gasteiger partial charge in [-0.05, 0) is 40.0 Å². The summed E-state index contributed by atoms with van der Waals surface area (Å²) in [7, 11) is 0. The van der Waals surface area contributed by atoms with E-state index in [0.29, 0.717) is 6.54 Å². The van der Waals surface area contributed by atoms with Crippen LogP contribution in [0.3, 0.4) is 0 Å². The number of carbonyl (C=O) groups is 2. The molecule has 6 nitrogen and oxygen atoms in total. The standard InChI is InChI=1S/C12H24N2O3.C4H7N/c1-11(2,3)8-14-9(15)7-13-10(16)17-12(4,5)6;1-4(2)3-5/h7-8H2,1-6H3,(H,13,16)(H,14,15);4H,1-2H3. The lowest BCUT2D eigenvalue weighted by Gasteiger charge is -2.20. The van der Waals surface area contributed by atoms with Crippen LogP contribution in [0.2, 0.25) is 0 Å². The molecule has 0 saturated carbocycles. The summed E-state index contributed by atoms with van der Waals surface area (Å²) in [5.41, 5.74) is -0.520. The van der Waals surface area contributed by atoms with E-state index < -0.39 is 11.7 Å². The third-order valence-electron chi connectivity index (χ3n) is 1.87. The highest BCUT2D eigenvalue weighted by Crippen LogP contribution is 2.10. The summed E-state index contributed by atoms with van der Waals surface area (Å²) >= 11 is 0. The van der Waals surface area contributed by atoms with Gasteiger partial charge in [0.15, 0.2) is 0 Å². The van der Waals surface area contributed by atoms with E-state index in [0.717, 1.165) is 0 Å². The number of ether oxygens (including phenoxy) is 1. The summed E-state index contributed by atoms with van der Waals surface area (Å²) < 4.78 is 5.00. The van der Waals surface area contributed by atoms with Gasteiger partial charge in [0.1, 0.15) is 5.60 Å². The molecule has 0 aromatic heterocycles. The molecular formula is C16H31N3O3. The van der Waals surface area contributed by atoms with E-state index in [1.165, 1.54) is 0 Å². The normalized spacial score (nSPS) is 10.9. The summed E-state index contributed by atoms with van der Waals surface area (Å²) in [4.78, 5) is 22.6. The number of hydrogen-bond acceptors (Lipinski definition) is 4. The highest BCUT2D eigenvalue weighted by atomic mass is 16.6. The van der Waals surface area contributed by atoms with Crippen LogP contribution in [0.5, 0.6) is 0 Å². The fourth-order valence-corrected chi connectivity index (χ4v) is 0.893. The van der Waals surface area contributed by atoms with Crippen LogP contribution in [0.4, 0.5) is 4.79 Å². The lowest BCUT2D eigenvalue weighted by atomic mass is 9.97. The van der Waals surface area contributed by atoms with Crippen molar-refractivity contribution in [3.05, 3.63) is 0 Å². The van der Waals surface area contributed by atoms with Crippen LogP contribution in [0.15, 0.2) is 0 Å². The molecule has 0 bridgehead atoms. The molecule has 0 saturated heterocycles. The van der Waals surface area contributed by atoms with Gasteiger partial charge < -0.3 is 15.4 Å². The van der Waals surface area contributed by atoms with Gasteiger partial charge in [0.2, 0.25) is 5.91 Å². The maximum absolute atomic E-state index is 11.4. The second-order valence-corrected chi connectivity index (χ2v) is 7.48. The summed E-state index contributed by atoms with van der Waals surface area (Å²) in [6.45, 7) is 15.6. The van der Waals surface area contributed by atoms with Crippen LogP contribution >= 0.6 is 0 Å². The maximum Gasteiger partial charge on any atom is 0.408 e. The molecule has 0 atom stereocenters. The van der Waals surface area contributed by atoms with Crippen molar-refractivity contribution in [1.82, 2.24) is 10.6 Å². The number of nitrogens with zero attached hydrogens (tertiary/aromatic N) is 1. The van der Waals surface area contributed by atoms with E-state index in [4.69, 9.17) is 10.00 Å². The van der Waals surface area contributed by atoms with Gasteiger partial charge in [-0.25, -0.2) is 4.79 Å². The van der Waals surface area contributed by atoms with Crippen molar-refractivity contribution in [2.75, 3.05) is 13.1 Å². The molecule has 0 spiro atoms. The second kappa shape index (κ2) is 10.0. The fraction of sp³-hybridized carbons (Fsp3) is 0.812. The molecule has 2 amide bonds. The molecule has 0 heterocycles. The highest BCUT2D eigenvalue weighted by molar-refractivity contribution is 5.82. The topological polar surface area (TPSA) is 91.2 Å². The number of hydrogen-bond donors (Lipinski definition) is 2. The molecule has 0 aliphatic heterocycles. The first-order chi connectivity index (χ1) is 9.76. The van der Waals surface area contributed by atoms with E-state index in [9.17, 15) is 9.59 Å². The van der Waals surface area contributed by atoms with Crippen molar-refractivity contribution in [3.63, 3.8) is 0 Å². The zero-order chi connectivity index (χ0) is 18.0. The Kier molecular flexibility index (Phi) is 10.3. The lowest BCUT2D eigenvalue weighted by Crippen LogP contribution is -2.41. The summed E-state index contributed by atoms with van der Waals surface area (Å²) in [5.74, 6) is -0.0271. The monoisotopic (exact) mass is 313 g/mol. The van der Waals surface area contributed by atoms with Crippen molar-refractivity contribution >= 4 is 12.0 Å². The van der Waals surface area contributed by atoms with Gasteiger partial charge in [-0.1, -0.05) is 20.8 Å². The van der Waals surface area contributed by atoms with Crippen molar-refractivity contribution < 1.29 is 14.3 Å². The van der Waals surface area contributed by atoms with Gasteiger partial charge in [-0.2, -0.15) is 5.26 Å². The van der Waals surface area contributed by atoms with Crippen molar-refractivity contribution in [2.24, 2.45) is 11.3 Å². The van der Waals surface area contributed by atoms with E-state index in [1.807, 2.05) is 40.7 Å². The minimum Gasteiger partial charge on any atom is -0.444 e. The summed E-state index contributed by atoms with van der Waals surface area (Å²) in [6, 6.07) is 2.03. The third-order valence-corrected chi connectivity index (χ3v) is 1.87. The molecule has 128 valence electrons. The smallest absolute Gasteiger partial charge is 0.408 e. The maximum atomic E-state index is 11.4. The minimum absolute atomic E-state index is 0.0293. The van der Waals surface area contributed by atoms with E-state index in [1.54, 1.807) is 20.8 Å². The quantitative estimate of drug-likeness (QED) is 0.838. The van der Waals surface area contributed by atoms with Crippen LogP contribution < -0.4 is 10.6 Å². The number of carbonyl (C=O) groups excluding carboxylic acids is 2. The van der Waals surface area contributed by atoms with E-state index >= 15 is 0 Å². The van der Waals surface area contributed by atoms with Gasteiger partial charge >= 0.3 is 6.09 Å². The van der Waals surface area contributed by atoms with E-state index in [2.05, 4.69) is 10.6 Å². The Balaban J connectivity index is 0. The number of alkyl carbamates (subject to hydrolysis) is 1. The van der Waals surface area contributed by atoms with Crippen LogP contribution in [-0.2, 0) is 9.53 Å². The van der Waals surface area contributed by atoms with Gasteiger partial charge in [0, 0.05) is 12.5 Å². The zero-order valence-electron chi connectivity index (χ0n) is 15.2. The van der Waals surface area contributed by atoms with Crippen LogP contribution in [0, 0.1) is 22.7 Å². The number of amides is 2.